The lowest BCUT2D eigenvalue weighted by Gasteiger charge is -2.33. The highest BCUT2D eigenvalue weighted by Crippen LogP contribution is 2.30. The third-order valence-electron chi connectivity index (χ3n) is 6.02. The first-order chi connectivity index (χ1) is 13.7. The normalized spacial score (nSPS) is 18.2. The zero-order valence-electron chi connectivity index (χ0n) is 16.3. The Morgan fingerprint density at radius 2 is 1.61 bits per heavy atom. The molecule has 0 aromatic heterocycles. The zero-order valence-corrected chi connectivity index (χ0v) is 16.3. The molecule has 4 rings (SSSR count). The van der Waals surface area contributed by atoms with Crippen LogP contribution in [0.5, 0.6) is 0 Å². The van der Waals surface area contributed by atoms with Crippen molar-refractivity contribution in [3.63, 3.8) is 0 Å². The van der Waals surface area contributed by atoms with E-state index in [1.807, 2.05) is 53.4 Å². The number of anilines is 1. The molecule has 1 aliphatic carbocycles. The summed E-state index contributed by atoms with van der Waals surface area (Å²) in [5, 5.41) is 3.10. The summed E-state index contributed by atoms with van der Waals surface area (Å²) in [6.45, 7) is 0.693. The van der Waals surface area contributed by atoms with Crippen LogP contribution in [0.4, 0.5) is 5.69 Å². The lowest BCUT2D eigenvalue weighted by Crippen LogP contribution is -2.46. The fourth-order valence-electron chi connectivity index (χ4n) is 4.48. The number of carbonyl (C=O) groups is 2. The van der Waals surface area contributed by atoms with E-state index in [1.54, 1.807) is 0 Å². The van der Waals surface area contributed by atoms with Crippen LogP contribution in [0, 0.1) is 5.92 Å². The summed E-state index contributed by atoms with van der Waals surface area (Å²) >= 11 is 0. The largest absolute Gasteiger partial charge is 0.340 e. The van der Waals surface area contributed by atoms with Crippen LogP contribution in [0.1, 0.15) is 55.7 Å². The number of hydrogen-bond acceptors (Lipinski definition) is 2. The highest BCUT2D eigenvalue weighted by molar-refractivity contribution is 6.00. The molecule has 2 aromatic carbocycles. The molecule has 0 saturated heterocycles. The van der Waals surface area contributed by atoms with Gasteiger partial charge in [0.25, 0.3) is 5.91 Å². The minimum Gasteiger partial charge on any atom is -0.340 e. The van der Waals surface area contributed by atoms with E-state index in [0.717, 1.165) is 49.8 Å². The average Bonchev–Trinajstić information content (AvgIpc) is 2.77. The molecule has 2 aromatic rings. The average molecular weight is 377 g/mol. The maximum Gasteiger partial charge on any atom is 0.254 e. The Kier molecular flexibility index (Phi) is 5.75. The molecule has 28 heavy (non-hydrogen) atoms. The van der Waals surface area contributed by atoms with Gasteiger partial charge in [0.2, 0.25) is 5.91 Å². The fraction of sp³-hybridized carbons (Fsp3) is 0.417. The number of aryl methyl sites for hydroxylation is 1. The smallest absolute Gasteiger partial charge is 0.254 e. The second-order valence-electron chi connectivity index (χ2n) is 7.91. The van der Waals surface area contributed by atoms with Gasteiger partial charge in [0.15, 0.2) is 0 Å². The number of benzene rings is 2. The van der Waals surface area contributed by atoms with E-state index in [-0.39, 0.29) is 17.7 Å². The van der Waals surface area contributed by atoms with Crippen LogP contribution < -0.4 is 10.2 Å². The van der Waals surface area contributed by atoms with Gasteiger partial charge in [-0.05, 0) is 42.9 Å². The van der Waals surface area contributed by atoms with Gasteiger partial charge in [0, 0.05) is 18.2 Å². The Hall–Kier alpha value is -2.62. The number of rotatable bonds is 4. The maximum atomic E-state index is 13.6. The Morgan fingerprint density at radius 1 is 0.893 bits per heavy atom. The summed E-state index contributed by atoms with van der Waals surface area (Å²) < 4.78 is 0. The van der Waals surface area contributed by atoms with E-state index in [9.17, 15) is 9.59 Å². The van der Waals surface area contributed by atoms with Crippen molar-refractivity contribution in [2.45, 2.75) is 51.0 Å². The topological polar surface area (TPSA) is 49.4 Å². The predicted molar refractivity (Wildman–Crippen MR) is 111 cm³/mol. The molecule has 1 N–H and O–H groups in total. The Balaban J connectivity index is 1.60. The molecular formula is C24H28N2O2. The number of nitrogens with zero attached hydrogens (tertiary/aromatic N) is 1. The first-order valence-corrected chi connectivity index (χ1v) is 10.5. The van der Waals surface area contributed by atoms with E-state index >= 15 is 0 Å². The van der Waals surface area contributed by atoms with Crippen molar-refractivity contribution < 1.29 is 9.59 Å². The summed E-state index contributed by atoms with van der Waals surface area (Å²) in [6.07, 6.45) is 7.19. The number of hydrogen-bond donors (Lipinski definition) is 1. The first kappa shape index (κ1) is 18.7. The number of nitrogens with one attached hydrogen (secondary N) is 1. The molecule has 0 unspecified atom stereocenters. The molecule has 0 spiro atoms. The zero-order chi connectivity index (χ0) is 19.3. The lowest BCUT2D eigenvalue weighted by molar-refractivity contribution is -0.131. The number of fused-ring (bicyclic) bond motifs is 1. The third kappa shape index (κ3) is 3.96. The van der Waals surface area contributed by atoms with E-state index in [2.05, 4.69) is 11.4 Å². The van der Waals surface area contributed by atoms with Crippen LogP contribution in [-0.4, -0.2) is 18.4 Å². The summed E-state index contributed by atoms with van der Waals surface area (Å²) in [5.41, 5.74) is 3.03. The van der Waals surface area contributed by atoms with Gasteiger partial charge in [-0.3, -0.25) is 9.59 Å². The van der Waals surface area contributed by atoms with E-state index in [4.69, 9.17) is 0 Å². The highest BCUT2D eigenvalue weighted by Gasteiger charge is 2.32. The van der Waals surface area contributed by atoms with Gasteiger partial charge in [0.1, 0.15) is 6.04 Å². The molecular weight excluding hydrogens is 348 g/mol. The first-order valence-electron chi connectivity index (χ1n) is 10.5. The van der Waals surface area contributed by atoms with Crippen LogP contribution in [0.15, 0.2) is 54.6 Å². The minimum absolute atomic E-state index is 0.0206. The van der Waals surface area contributed by atoms with Crippen LogP contribution in [-0.2, 0) is 16.0 Å². The number of amides is 2. The van der Waals surface area contributed by atoms with Crippen LogP contribution in [0.25, 0.3) is 0 Å². The molecule has 2 amide bonds. The van der Waals surface area contributed by atoms with Gasteiger partial charge in [-0.15, -0.1) is 0 Å². The minimum atomic E-state index is -0.637. The summed E-state index contributed by atoms with van der Waals surface area (Å²) in [5.74, 6) is 0.0103. The maximum absolute atomic E-state index is 13.6. The van der Waals surface area contributed by atoms with Gasteiger partial charge in [-0.1, -0.05) is 67.8 Å². The van der Waals surface area contributed by atoms with Crippen molar-refractivity contribution >= 4 is 17.5 Å². The standard InChI is InChI=1S/C24H28N2O2/c27-23(20-13-5-2-6-14-20)25-22(19-11-3-1-4-12-19)24(28)26-17-9-15-18-10-7-8-16-21(18)26/h1,3-4,7-8,10-12,16,20,22H,2,5-6,9,13-15,17H2,(H,25,27)/t22-/m0/s1. The molecule has 1 heterocycles. The summed E-state index contributed by atoms with van der Waals surface area (Å²) in [6, 6.07) is 17.1. The molecule has 2 aliphatic rings. The van der Waals surface area contributed by atoms with Gasteiger partial charge < -0.3 is 10.2 Å². The highest BCUT2D eigenvalue weighted by atomic mass is 16.2. The molecule has 146 valence electrons. The van der Waals surface area contributed by atoms with Crippen molar-refractivity contribution in [2.75, 3.05) is 11.4 Å². The van der Waals surface area contributed by atoms with Crippen molar-refractivity contribution in [1.29, 1.82) is 0 Å². The van der Waals surface area contributed by atoms with Gasteiger partial charge >= 0.3 is 0 Å². The van der Waals surface area contributed by atoms with E-state index in [1.165, 1.54) is 12.0 Å². The third-order valence-corrected chi connectivity index (χ3v) is 6.02. The van der Waals surface area contributed by atoms with Crippen LogP contribution in [0.3, 0.4) is 0 Å². The van der Waals surface area contributed by atoms with E-state index < -0.39 is 6.04 Å². The fourth-order valence-corrected chi connectivity index (χ4v) is 4.48. The lowest BCUT2D eigenvalue weighted by atomic mass is 9.88. The van der Waals surface area contributed by atoms with Crippen molar-refractivity contribution in [3.8, 4) is 0 Å². The summed E-state index contributed by atoms with van der Waals surface area (Å²) in [4.78, 5) is 28.4. The molecule has 4 nitrogen and oxygen atoms in total. The second-order valence-corrected chi connectivity index (χ2v) is 7.91. The van der Waals surface area contributed by atoms with E-state index in [0.29, 0.717) is 6.54 Å². The molecule has 0 radical (unpaired) electrons. The molecule has 1 aliphatic heterocycles. The monoisotopic (exact) mass is 376 g/mol. The Labute approximate surface area is 166 Å². The van der Waals surface area contributed by atoms with Crippen LogP contribution >= 0.6 is 0 Å². The van der Waals surface area contributed by atoms with Crippen molar-refractivity contribution in [1.82, 2.24) is 5.32 Å². The Bertz CT molecular complexity index is 828. The molecule has 1 saturated carbocycles. The quantitative estimate of drug-likeness (QED) is 0.860. The number of carbonyl (C=O) groups excluding carboxylic acids is 2. The molecule has 4 heteroatoms. The van der Waals surface area contributed by atoms with Gasteiger partial charge in [-0.25, -0.2) is 0 Å². The predicted octanol–water partition coefficient (Wildman–Crippen LogP) is 4.40. The van der Waals surface area contributed by atoms with Crippen molar-refractivity contribution in [2.24, 2.45) is 5.92 Å². The summed E-state index contributed by atoms with van der Waals surface area (Å²) in [7, 11) is 0. The Morgan fingerprint density at radius 3 is 2.39 bits per heavy atom. The van der Waals surface area contributed by atoms with Crippen molar-refractivity contribution in [3.05, 3.63) is 65.7 Å². The molecule has 1 fully saturated rings. The second kappa shape index (κ2) is 8.59. The van der Waals surface area contributed by atoms with Gasteiger partial charge in [0.05, 0.1) is 0 Å². The number of para-hydroxylation sites is 1. The SMILES string of the molecule is O=C(N[C@H](C(=O)N1CCCc2ccccc21)c1ccccc1)C1CCCCC1. The molecule has 0 bridgehead atoms. The van der Waals surface area contributed by atoms with Gasteiger partial charge in [-0.2, -0.15) is 0 Å². The van der Waals surface area contributed by atoms with Crippen LogP contribution in [0.2, 0.25) is 0 Å². The molecule has 1 atom stereocenters.